The lowest BCUT2D eigenvalue weighted by atomic mass is 9.93. The molecule has 1 atom stereocenters. The molecule has 19 heavy (non-hydrogen) atoms. The molecule has 106 valence electrons. The Balaban J connectivity index is 2.63. The second-order valence-corrected chi connectivity index (χ2v) is 5.87. The SMILES string of the molecule is CC(C)C(C(=O)N(C)CCc1cccs1)C(N)=NO. The molecule has 0 aliphatic carbocycles. The zero-order chi connectivity index (χ0) is 14.4. The second kappa shape index (κ2) is 7.13. The van der Waals surface area contributed by atoms with Crippen LogP contribution >= 0.6 is 11.3 Å². The van der Waals surface area contributed by atoms with E-state index in [1.165, 1.54) is 4.88 Å². The molecular weight excluding hydrogens is 262 g/mol. The van der Waals surface area contributed by atoms with Crippen LogP contribution in [-0.4, -0.2) is 35.4 Å². The van der Waals surface area contributed by atoms with Gasteiger partial charge in [0.25, 0.3) is 0 Å². The van der Waals surface area contributed by atoms with E-state index in [-0.39, 0.29) is 17.7 Å². The first-order chi connectivity index (χ1) is 8.97. The lowest BCUT2D eigenvalue weighted by Crippen LogP contribution is -2.43. The molecule has 0 saturated heterocycles. The number of likely N-dealkylation sites (N-methyl/N-ethyl adjacent to an activating group) is 1. The number of oxime groups is 1. The third-order valence-corrected chi connectivity index (χ3v) is 3.95. The lowest BCUT2D eigenvalue weighted by molar-refractivity contribution is -0.133. The van der Waals surface area contributed by atoms with Gasteiger partial charge in [-0.3, -0.25) is 4.79 Å². The van der Waals surface area contributed by atoms with E-state index in [0.29, 0.717) is 6.54 Å². The number of carbonyl (C=O) groups excluding carboxylic acids is 1. The molecule has 0 saturated carbocycles. The van der Waals surface area contributed by atoms with E-state index in [0.717, 1.165) is 6.42 Å². The summed E-state index contributed by atoms with van der Waals surface area (Å²) in [5.41, 5.74) is 5.60. The van der Waals surface area contributed by atoms with E-state index in [2.05, 4.69) is 5.16 Å². The molecule has 1 aromatic rings. The van der Waals surface area contributed by atoms with Gasteiger partial charge in [0.1, 0.15) is 5.92 Å². The van der Waals surface area contributed by atoms with Gasteiger partial charge in [0, 0.05) is 18.5 Å². The second-order valence-electron chi connectivity index (χ2n) is 4.84. The summed E-state index contributed by atoms with van der Waals surface area (Å²) in [6, 6.07) is 4.04. The fraction of sp³-hybridized carbons (Fsp3) is 0.538. The number of amidine groups is 1. The van der Waals surface area contributed by atoms with Crippen molar-refractivity contribution in [3.8, 4) is 0 Å². The number of hydrogen-bond donors (Lipinski definition) is 2. The fourth-order valence-corrected chi connectivity index (χ4v) is 2.59. The number of nitrogens with two attached hydrogens (primary N) is 1. The average molecular weight is 283 g/mol. The van der Waals surface area contributed by atoms with E-state index in [9.17, 15) is 4.79 Å². The Morgan fingerprint density at radius 3 is 2.74 bits per heavy atom. The first-order valence-electron chi connectivity index (χ1n) is 6.22. The summed E-state index contributed by atoms with van der Waals surface area (Å²) in [6.45, 7) is 4.39. The Kier molecular flexibility index (Phi) is 5.82. The van der Waals surface area contributed by atoms with Gasteiger partial charge in [-0.05, 0) is 23.8 Å². The van der Waals surface area contributed by atoms with E-state index < -0.39 is 5.92 Å². The van der Waals surface area contributed by atoms with Crippen LogP contribution in [0.15, 0.2) is 22.7 Å². The summed E-state index contributed by atoms with van der Waals surface area (Å²) < 4.78 is 0. The van der Waals surface area contributed by atoms with E-state index in [1.807, 2.05) is 31.4 Å². The van der Waals surface area contributed by atoms with Crippen LogP contribution in [0.5, 0.6) is 0 Å². The van der Waals surface area contributed by atoms with Gasteiger partial charge in [0.15, 0.2) is 5.84 Å². The molecule has 0 aliphatic rings. The smallest absolute Gasteiger partial charge is 0.233 e. The molecule has 3 N–H and O–H groups in total. The van der Waals surface area contributed by atoms with Crippen molar-refractivity contribution >= 4 is 23.1 Å². The molecule has 1 amide bonds. The Morgan fingerprint density at radius 1 is 1.58 bits per heavy atom. The molecule has 0 spiro atoms. The average Bonchev–Trinajstić information content (AvgIpc) is 2.88. The minimum Gasteiger partial charge on any atom is -0.409 e. The maximum Gasteiger partial charge on any atom is 0.233 e. The zero-order valence-corrected chi connectivity index (χ0v) is 12.4. The van der Waals surface area contributed by atoms with E-state index in [1.54, 1.807) is 23.3 Å². The maximum absolute atomic E-state index is 12.3. The van der Waals surface area contributed by atoms with Crippen molar-refractivity contribution in [3.63, 3.8) is 0 Å². The molecule has 1 aromatic heterocycles. The highest BCUT2D eigenvalue weighted by Gasteiger charge is 2.29. The summed E-state index contributed by atoms with van der Waals surface area (Å²) in [5, 5.41) is 13.7. The van der Waals surface area contributed by atoms with Gasteiger partial charge in [-0.2, -0.15) is 0 Å². The Bertz CT molecular complexity index is 429. The third kappa shape index (κ3) is 4.24. The maximum atomic E-state index is 12.3. The minimum atomic E-state index is -0.571. The molecule has 1 unspecified atom stereocenters. The van der Waals surface area contributed by atoms with Gasteiger partial charge in [-0.1, -0.05) is 25.1 Å². The Labute approximate surface area is 117 Å². The quantitative estimate of drug-likeness (QED) is 0.361. The summed E-state index contributed by atoms with van der Waals surface area (Å²) in [5.74, 6) is -0.712. The van der Waals surface area contributed by atoms with Crippen LogP contribution in [0, 0.1) is 11.8 Å². The third-order valence-electron chi connectivity index (χ3n) is 3.02. The van der Waals surface area contributed by atoms with Crippen molar-refractivity contribution in [2.45, 2.75) is 20.3 Å². The van der Waals surface area contributed by atoms with Crippen LogP contribution < -0.4 is 5.73 Å². The molecule has 1 rings (SSSR count). The minimum absolute atomic E-state index is 0.00686. The van der Waals surface area contributed by atoms with Crippen LogP contribution in [0.1, 0.15) is 18.7 Å². The van der Waals surface area contributed by atoms with Gasteiger partial charge >= 0.3 is 0 Å². The summed E-state index contributed by atoms with van der Waals surface area (Å²) in [6.07, 6.45) is 0.820. The van der Waals surface area contributed by atoms with Crippen molar-refractivity contribution in [1.82, 2.24) is 4.90 Å². The number of hydrogen-bond acceptors (Lipinski definition) is 4. The number of amides is 1. The molecule has 5 nitrogen and oxygen atoms in total. The highest BCUT2D eigenvalue weighted by atomic mass is 32.1. The molecule has 1 heterocycles. The highest BCUT2D eigenvalue weighted by Crippen LogP contribution is 2.15. The number of carbonyl (C=O) groups is 1. The first kappa shape index (κ1) is 15.5. The van der Waals surface area contributed by atoms with E-state index in [4.69, 9.17) is 10.9 Å². The zero-order valence-electron chi connectivity index (χ0n) is 11.5. The van der Waals surface area contributed by atoms with Crippen LogP contribution in [-0.2, 0) is 11.2 Å². The van der Waals surface area contributed by atoms with E-state index >= 15 is 0 Å². The topological polar surface area (TPSA) is 78.9 Å². The number of thiophene rings is 1. The van der Waals surface area contributed by atoms with Crippen molar-refractivity contribution in [3.05, 3.63) is 22.4 Å². The molecule has 0 aromatic carbocycles. The van der Waals surface area contributed by atoms with Crippen molar-refractivity contribution in [2.75, 3.05) is 13.6 Å². The molecule has 0 fully saturated rings. The van der Waals surface area contributed by atoms with Crippen molar-refractivity contribution < 1.29 is 10.0 Å². The Morgan fingerprint density at radius 2 is 2.26 bits per heavy atom. The summed E-state index contributed by atoms with van der Waals surface area (Å²) >= 11 is 1.68. The standard InChI is InChI=1S/C13H21N3O2S/c1-9(2)11(12(14)15-18)13(17)16(3)7-6-10-5-4-8-19-10/h4-5,8-9,11,18H,6-7H2,1-3H3,(H2,14,15). The summed E-state index contributed by atoms with van der Waals surface area (Å²) in [7, 11) is 1.75. The highest BCUT2D eigenvalue weighted by molar-refractivity contribution is 7.09. The Hall–Kier alpha value is -1.56. The first-order valence-corrected chi connectivity index (χ1v) is 7.10. The van der Waals surface area contributed by atoms with Crippen LogP contribution in [0.3, 0.4) is 0 Å². The van der Waals surface area contributed by atoms with Crippen LogP contribution in [0.4, 0.5) is 0 Å². The van der Waals surface area contributed by atoms with Gasteiger partial charge in [0.2, 0.25) is 5.91 Å². The van der Waals surface area contributed by atoms with Crippen LogP contribution in [0.2, 0.25) is 0 Å². The molecule has 0 aliphatic heterocycles. The predicted molar refractivity (Wildman–Crippen MR) is 77.4 cm³/mol. The molecule has 0 bridgehead atoms. The van der Waals surface area contributed by atoms with Crippen molar-refractivity contribution in [2.24, 2.45) is 22.7 Å². The lowest BCUT2D eigenvalue weighted by Gasteiger charge is -2.25. The van der Waals surface area contributed by atoms with Crippen molar-refractivity contribution in [1.29, 1.82) is 0 Å². The van der Waals surface area contributed by atoms with Gasteiger partial charge in [-0.15, -0.1) is 11.3 Å². The predicted octanol–water partition coefficient (Wildman–Crippen LogP) is 1.77. The van der Waals surface area contributed by atoms with Gasteiger partial charge < -0.3 is 15.8 Å². The monoisotopic (exact) mass is 283 g/mol. The largest absolute Gasteiger partial charge is 0.409 e. The normalized spacial score (nSPS) is 13.6. The molecular formula is C13H21N3O2S. The van der Waals surface area contributed by atoms with Gasteiger partial charge in [-0.25, -0.2) is 0 Å². The number of rotatable bonds is 6. The molecule has 0 radical (unpaired) electrons. The van der Waals surface area contributed by atoms with Gasteiger partial charge in [0.05, 0.1) is 0 Å². The fourth-order valence-electron chi connectivity index (χ4n) is 1.90. The summed E-state index contributed by atoms with van der Waals surface area (Å²) in [4.78, 5) is 15.2. The molecule has 6 heteroatoms. The number of nitrogens with zero attached hydrogens (tertiary/aromatic N) is 2. The van der Waals surface area contributed by atoms with Crippen LogP contribution in [0.25, 0.3) is 0 Å².